The van der Waals surface area contributed by atoms with E-state index in [-0.39, 0.29) is 18.0 Å². The van der Waals surface area contributed by atoms with Gasteiger partial charge in [-0.3, -0.25) is 0 Å². The number of hydrogen-bond acceptors (Lipinski definition) is 8. The summed E-state index contributed by atoms with van der Waals surface area (Å²) in [5.41, 5.74) is 3.07. The molecule has 0 saturated carbocycles. The first-order valence-corrected chi connectivity index (χ1v) is 17.4. The molecule has 1 aliphatic rings. The quantitative estimate of drug-likeness (QED) is 0.0452. The van der Waals surface area contributed by atoms with Gasteiger partial charge in [-0.05, 0) is 98.2 Å². The highest BCUT2D eigenvalue weighted by Gasteiger charge is 2.26. The number of carbonyl (C=O) groups excluding carboxylic acids is 3. The van der Waals surface area contributed by atoms with E-state index in [1.54, 1.807) is 36.4 Å². The van der Waals surface area contributed by atoms with Crippen molar-refractivity contribution in [1.29, 1.82) is 0 Å². The Hall–Kier alpha value is -4.85. The van der Waals surface area contributed by atoms with Gasteiger partial charge in [-0.25, -0.2) is 14.4 Å². The second-order valence-corrected chi connectivity index (χ2v) is 12.2. The summed E-state index contributed by atoms with van der Waals surface area (Å²) in [6.45, 7) is 8.84. The van der Waals surface area contributed by atoms with Crippen molar-refractivity contribution in [2.75, 3.05) is 19.8 Å². The Bertz CT molecular complexity index is 1480. The highest BCUT2D eigenvalue weighted by Crippen LogP contribution is 2.26. The van der Waals surface area contributed by atoms with E-state index in [1.165, 1.54) is 18.9 Å². The van der Waals surface area contributed by atoms with Gasteiger partial charge in [0.05, 0.1) is 25.4 Å². The van der Waals surface area contributed by atoms with Crippen LogP contribution < -0.4 is 14.2 Å². The summed E-state index contributed by atoms with van der Waals surface area (Å²) < 4.78 is 27.6. The van der Waals surface area contributed by atoms with E-state index in [4.69, 9.17) is 23.7 Å². The highest BCUT2D eigenvalue weighted by molar-refractivity contribution is 5.91. The van der Waals surface area contributed by atoms with Gasteiger partial charge in [0.2, 0.25) is 0 Å². The lowest BCUT2D eigenvalue weighted by Gasteiger charge is -2.10. The second-order valence-electron chi connectivity index (χ2n) is 12.2. The third-order valence-corrected chi connectivity index (χ3v) is 8.29. The average molecular weight is 669 g/mol. The number of rotatable bonds is 22. The van der Waals surface area contributed by atoms with Gasteiger partial charge in [-0.2, -0.15) is 0 Å². The Morgan fingerprint density at radius 2 is 1.16 bits per heavy atom. The van der Waals surface area contributed by atoms with Gasteiger partial charge in [0.25, 0.3) is 0 Å². The lowest BCUT2D eigenvalue weighted by molar-refractivity contribution is -0.139. The third-order valence-electron chi connectivity index (χ3n) is 8.29. The van der Waals surface area contributed by atoms with E-state index in [9.17, 15) is 14.4 Å². The topological polar surface area (TPSA) is 97.4 Å². The molecule has 8 heteroatoms. The van der Waals surface area contributed by atoms with Crippen molar-refractivity contribution < 1.29 is 38.1 Å². The molecule has 3 aromatic carbocycles. The number of ether oxygens (including phenoxy) is 5. The lowest BCUT2D eigenvalue weighted by atomic mass is 10.1. The van der Waals surface area contributed by atoms with Crippen LogP contribution in [-0.2, 0) is 19.1 Å². The number of carbonyl (C=O) groups is 3. The third kappa shape index (κ3) is 13.3. The molecule has 1 unspecified atom stereocenters. The zero-order valence-corrected chi connectivity index (χ0v) is 28.4. The molecule has 1 fully saturated rings. The first-order chi connectivity index (χ1) is 23.9. The van der Waals surface area contributed by atoms with E-state index in [0.717, 1.165) is 74.7 Å². The zero-order chi connectivity index (χ0) is 34.7. The molecule has 4 rings (SSSR count). The first-order valence-electron chi connectivity index (χ1n) is 17.4. The van der Waals surface area contributed by atoms with Crippen LogP contribution in [-0.4, -0.2) is 43.8 Å². The Morgan fingerprint density at radius 1 is 0.673 bits per heavy atom. The molecule has 1 saturated heterocycles. The maximum Gasteiger partial charge on any atom is 0.343 e. The van der Waals surface area contributed by atoms with Crippen molar-refractivity contribution in [3.05, 3.63) is 103 Å². The van der Waals surface area contributed by atoms with Crippen molar-refractivity contribution >= 4 is 17.9 Å². The van der Waals surface area contributed by atoms with E-state index in [1.807, 2.05) is 36.4 Å². The zero-order valence-electron chi connectivity index (χ0n) is 28.4. The van der Waals surface area contributed by atoms with Crippen LogP contribution >= 0.6 is 0 Å². The molecular weight excluding hydrogens is 620 g/mol. The van der Waals surface area contributed by atoms with E-state index in [2.05, 4.69) is 13.2 Å². The molecule has 0 N–H and O–H groups in total. The summed E-state index contributed by atoms with van der Waals surface area (Å²) in [6.07, 6.45) is 13.1. The van der Waals surface area contributed by atoms with Crippen LogP contribution in [0, 0.1) is 0 Å². The minimum Gasteiger partial charge on any atom is -0.494 e. The maximum atomic E-state index is 12.7. The Labute approximate surface area is 290 Å². The number of benzene rings is 3. The largest absolute Gasteiger partial charge is 0.494 e. The first kappa shape index (κ1) is 37.0. The lowest BCUT2D eigenvalue weighted by Crippen LogP contribution is -2.08. The minimum atomic E-state index is -0.431. The summed E-state index contributed by atoms with van der Waals surface area (Å²) in [6, 6.07) is 22.4. The van der Waals surface area contributed by atoms with Crippen LogP contribution in [0.1, 0.15) is 87.4 Å². The predicted molar refractivity (Wildman–Crippen MR) is 190 cm³/mol. The van der Waals surface area contributed by atoms with Crippen molar-refractivity contribution in [3.8, 4) is 28.4 Å². The van der Waals surface area contributed by atoms with Gasteiger partial charge >= 0.3 is 17.9 Å². The molecule has 1 aliphatic heterocycles. The predicted octanol–water partition coefficient (Wildman–Crippen LogP) is 9.22. The molecule has 0 aliphatic carbocycles. The standard InChI is InChI=1S/C41H48O8/c1-3-39(42)47-29-12-8-6-4-5-7-11-27-45-35-21-15-32(16-22-35)33-17-25-37(26-18-33)48-41(44)34-19-23-36(24-20-34)46-28-13-9-10-14-38-30-31(2)40(43)49-38/h3,15-26,38H,1-2,4-14,27-30H2. The summed E-state index contributed by atoms with van der Waals surface area (Å²) in [4.78, 5) is 35.1. The summed E-state index contributed by atoms with van der Waals surface area (Å²) in [5.74, 6) is 0.961. The van der Waals surface area contributed by atoms with Crippen molar-refractivity contribution in [1.82, 2.24) is 0 Å². The average Bonchev–Trinajstić information content (AvgIpc) is 3.45. The van der Waals surface area contributed by atoms with Crippen molar-refractivity contribution in [3.63, 3.8) is 0 Å². The van der Waals surface area contributed by atoms with Gasteiger partial charge in [0.15, 0.2) is 0 Å². The van der Waals surface area contributed by atoms with Gasteiger partial charge < -0.3 is 23.7 Å². The molecule has 3 aromatic rings. The molecule has 0 aromatic heterocycles. The van der Waals surface area contributed by atoms with Gasteiger partial charge in [-0.1, -0.05) is 69.5 Å². The normalized spacial score (nSPS) is 13.8. The smallest absolute Gasteiger partial charge is 0.343 e. The fourth-order valence-electron chi connectivity index (χ4n) is 5.46. The Kier molecular flexibility index (Phi) is 15.5. The monoisotopic (exact) mass is 668 g/mol. The van der Waals surface area contributed by atoms with E-state index in [0.29, 0.717) is 48.9 Å². The molecule has 0 radical (unpaired) electrons. The van der Waals surface area contributed by atoms with E-state index >= 15 is 0 Å². The van der Waals surface area contributed by atoms with Gasteiger partial charge in [-0.15, -0.1) is 0 Å². The fraction of sp³-hybridized carbons (Fsp3) is 0.390. The van der Waals surface area contributed by atoms with Gasteiger partial charge in [0, 0.05) is 18.1 Å². The highest BCUT2D eigenvalue weighted by atomic mass is 16.6. The summed E-state index contributed by atoms with van der Waals surface area (Å²) >= 11 is 0. The number of hydrogen-bond donors (Lipinski definition) is 0. The van der Waals surface area contributed by atoms with Crippen molar-refractivity contribution in [2.24, 2.45) is 0 Å². The minimum absolute atomic E-state index is 0.0336. The van der Waals surface area contributed by atoms with E-state index < -0.39 is 5.97 Å². The van der Waals surface area contributed by atoms with Crippen LogP contribution in [0.15, 0.2) is 97.6 Å². The number of cyclic esters (lactones) is 1. The van der Waals surface area contributed by atoms with Gasteiger partial charge in [0.1, 0.15) is 23.4 Å². The van der Waals surface area contributed by atoms with Crippen LogP contribution in [0.3, 0.4) is 0 Å². The Balaban J connectivity index is 1.07. The second kappa shape index (κ2) is 20.5. The maximum absolute atomic E-state index is 12.7. The molecule has 1 heterocycles. The fourth-order valence-corrected chi connectivity index (χ4v) is 5.46. The summed E-state index contributed by atoms with van der Waals surface area (Å²) in [7, 11) is 0. The molecule has 8 nitrogen and oxygen atoms in total. The molecule has 1 atom stereocenters. The molecule has 49 heavy (non-hydrogen) atoms. The Morgan fingerprint density at radius 3 is 1.69 bits per heavy atom. The van der Waals surface area contributed by atoms with Crippen molar-refractivity contribution in [2.45, 2.75) is 83.2 Å². The molecule has 0 amide bonds. The molecule has 0 spiro atoms. The molecular formula is C41H48O8. The van der Waals surface area contributed by atoms with Crippen LogP contribution in [0.25, 0.3) is 11.1 Å². The number of esters is 3. The van der Waals surface area contributed by atoms with Crippen LogP contribution in [0.2, 0.25) is 0 Å². The molecule has 260 valence electrons. The summed E-state index contributed by atoms with van der Waals surface area (Å²) in [5, 5.41) is 0. The molecule has 0 bridgehead atoms. The number of unbranched alkanes of at least 4 members (excludes halogenated alkanes) is 8. The van der Waals surface area contributed by atoms with Crippen LogP contribution in [0.5, 0.6) is 17.2 Å². The van der Waals surface area contributed by atoms with Crippen LogP contribution in [0.4, 0.5) is 0 Å². The SMILES string of the molecule is C=CC(=O)OCCCCCCCCCOc1ccc(-c2ccc(OC(=O)c3ccc(OCCCCCC4CC(=C)C(=O)O4)cc3)cc2)cc1.